The van der Waals surface area contributed by atoms with Gasteiger partial charge in [-0.1, -0.05) is 17.7 Å². The minimum absolute atomic E-state index is 0.0456. The van der Waals surface area contributed by atoms with Gasteiger partial charge in [-0.25, -0.2) is 13.2 Å². The van der Waals surface area contributed by atoms with Crippen LogP contribution in [0.5, 0.6) is 0 Å². The van der Waals surface area contributed by atoms with Gasteiger partial charge in [0.15, 0.2) is 11.6 Å². The number of rotatable bonds is 5. The highest BCUT2D eigenvalue weighted by Gasteiger charge is 2.34. The van der Waals surface area contributed by atoms with E-state index in [1.807, 2.05) is 6.92 Å². The molecule has 1 saturated heterocycles. The molecule has 1 aliphatic rings. The summed E-state index contributed by atoms with van der Waals surface area (Å²) in [5, 5.41) is 4.09. The van der Waals surface area contributed by atoms with Gasteiger partial charge in [0.2, 0.25) is 5.91 Å². The fourth-order valence-electron chi connectivity index (χ4n) is 3.78. The highest BCUT2D eigenvalue weighted by Crippen LogP contribution is 2.32. The lowest BCUT2D eigenvalue weighted by atomic mass is 9.97. The third kappa shape index (κ3) is 4.02. The minimum atomic E-state index is -3.90. The van der Waals surface area contributed by atoms with E-state index in [1.165, 1.54) is 23.2 Å². The van der Waals surface area contributed by atoms with Gasteiger partial charge in [0.05, 0.1) is 10.6 Å². The maximum atomic E-state index is 14.1. The van der Waals surface area contributed by atoms with Gasteiger partial charge in [-0.2, -0.15) is 17.6 Å². The average molecular weight is 463 g/mol. The van der Waals surface area contributed by atoms with Crippen molar-refractivity contribution in [2.75, 3.05) is 6.54 Å². The zero-order valence-corrected chi connectivity index (χ0v) is 18.2. The topological polar surface area (TPSA) is 72.3 Å². The van der Waals surface area contributed by atoms with Gasteiger partial charge in [-0.05, 0) is 37.6 Å². The standard InChI is InChI=1S/C22H20F3N3O3S/c1-13-3-5-18(6-4-13)32(30,31)28-12-16(14(2)26-28)11-27-10-15(7-21(27)29)19-8-17(23)9-20(24)22(19)25/h3-6,8-9,12,15H,7,10-11H2,1-2H3. The van der Waals surface area contributed by atoms with Crippen LogP contribution in [0, 0.1) is 31.3 Å². The molecule has 4 rings (SSSR count). The van der Waals surface area contributed by atoms with Gasteiger partial charge in [0.25, 0.3) is 10.0 Å². The Balaban J connectivity index is 1.56. The number of hydrogen-bond donors (Lipinski definition) is 0. The predicted octanol–water partition coefficient (Wildman–Crippen LogP) is 3.67. The summed E-state index contributed by atoms with van der Waals surface area (Å²) in [6.45, 7) is 3.56. The molecule has 0 aliphatic carbocycles. The van der Waals surface area contributed by atoms with E-state index < -0.39 is 33.4 Å². The first-order valence-corrected chi connectivity index (χ1v) is 11.3. The molecule has 0 saturated carbocycles. The molecular weight excluding hydrogens is 443 g/mol. The molecule has 0 spiro atoms. The molecule has 0 radical (unpaired) electrons. The second-order valence-electron chi connectivity index (χ2n) is 7.90. The van der Waals surface area contributed by atoms with Gasteiger partial charge < -0.3 is 4.90 Å². The first-order valence-electron chi connectivity index (χ1n) is 9.86. The van der Waals surface area contributed by atoms with Crippen LogP contribution in [0.4, 0.5) is 13.2 Å². The van der Waals surface area contributed by atoms with Gasteiger partial charge in [-0.3, -0.25) is 4.79 Å². The van der Waals surface area contributed by atoms with E-state index in [0.29, 0.717) is 17.3 Å². The van der Waals surface area contributed by atoms with E-state index >= 15 is 0 Å². The second kappa shape index (κ2) is 8.09. The highest BCUT2D eigenvalue weighted by atomic mass is 32.2. The molecule has 1 atom stereocenters. The molecule has 32 heavy (non-hydrogen) atoms. The Morgan fingerprint density at radius 3 is 2.47 bits per heavy atom. The lowest BCUT2D eigenvalue weighted by molar-refractivity contribution is -0.128. The molecule has 1 unspecified atom stereocenters. The van der Waals surface area contributed by atoms with E-state index in [9.17, 15) is 26.4 Å². The largest absolute Gasteiger partial charge is 0.338 e. The van der Waals surface area contributed by atoms with Crippen LogP contribution in [-0.4, -0.2) is 35.0 Å². The molecule has 2 aromatic carbocycles. The molecular formula is C22H20F3N3O3S. The number of carbonyl (C=O) groups is 1. The Morgan fingerprint density at radius 2 is 1.78 bits per heavy atom. The van der Waals surface area contributed by atoms with Crippen molar-refractivity contribution in [2.24, 2.45) is 0 Å². The molecule has 2 heterocycles. The maximum Gasteiger partial charge on any atom is 0.282 e. The van der Waals surface area contributed by atoms with Crippen molar-refractivity contribution in [1.82, 2.24) is 14.1 Å². The number of nitrogens with zero attached hydrogens (tertiary/aromatic N) is 3. The summed E-state index contributed by atoms with van der Waals surface area (Å²) in [6, 6.07) is 7.70. The molecule has 6 nitrogen and oxygen atoms in total. The zero-order chi connectivity index (χ0) is 23.2. The maximum absolute atomic E-state index is 14.1. The Kier molecular flexibility index (Phi) is 5.58. The van der Waals surface area contributed by atoms with Crippen LogP contribution in [0.3, 0.4) is 0 Å². The van der Waals surface area contributed by atoms with Crippen LogP contribution >= 0.6 is 0 Å². The number of amides is 1. The van der Waals surface area contributed by atoms with Crippen molar-refractivity contribution in [1.29, 1.82) is 0 Å². The first-order chi connectivity index (χ1) is 15.1. The number of aromatic nitrogens is 2. The van der Waals surface area contributed by atoms with E-state index in [1.54, 1.807) is 19.1 Å². The molecule has 0 N–H and O–H groups in total. The lowest BCUT2D eigenvalue weighted by Crippen LogP contribution is -2.24. The van der Waals surface area contributed by atoms with E-state index in [2.05, 4.69) is 5.10 Å². The molecule has 0 bridgehead atoms. The Labute approximate surface area is 183 Å². The van der Waals surface area contributed by atoms with Crippen LogP contribution in [-0.2, 0) is 21.4 Å². The number of benzene rings is 2. The summed E-state index contributed by atoms with van der Waals surface area (Å²) in [6.07, 6.45) is 1.24. The van der Waals surface area contributed by atoms with Crippen molar-refractivity contribution in [3.8, 4) is 0 Å². The monoisotopic (exact) mass is 463 g/mol. The molecule has 1 amide bonds. The minimum Gasteiger partial charge on any atom is -0.338 e. The van der Waals surface area contributed by atoms with Gasteiger partial charge in [0, 0.05) is 43.3 Å². The molecule has 3 aromatic rings. The number of aryl methyl sites for hydroxylation is 2. The van der Waals surface area contributed by atoms with Crippen LogP contribution in [0.15, 0.2) is 47.5 Å². The van der Waals surface area contributed by atoms with Crippen molar-refractivity contribution < 1.29 is 26.4 Å². The lowest BCUT2D eigenvalue weighted by Gasteiger charge is -2.16. The van der Waals surface area contributed by atoms with Crippen molar-refractivity contribution in [3.63, 3.8) is 0 Å². The number of likely N-dealkylation sites (tertiary alicyclic amines) is 1. The molecule has 168 valence electrons. The van der Waals surface area contributed by atoms with Crippen LogP contribution < -0.4 is 0 Å². The SMILES string of the molecule is Cc1ccc(S(=O)(=O)n2cc(CN3CC(c4cc(F)cc(F)c4F)CC3=O)c(C)n2)cc1. The fraction of sp³-hybridized carbons (Fsp3) is 0.273. The fourth-order valence-corrected chi connectivity index (χ4v) is 4.97. The zero-order valence-electron chi connectivity index (χ0n) is 17.3. The smallest absolute Gasteiger partial charge is 0.282 e. The number of carbonyl (C=O) groups excluding carboxylic acids is 1. The van der Waals surface area contributed by atoms with E-state index in [0.717, 1.165) is 15.7 Å². The summed E-state index contributed by atoms with van der Waals surface area (Å²) in [5.41, 5.74) is 1.64. The van der Waals surface area contributed by atoms with Crippen LogP contribution in [0.25, 0.3) is 0 Å². The summed E-state index contributed by atoms with van der Waals surface area (Å²) in [7, 11) is -3.90. The Morgan fingerprint density at radius 1 is 1.09 bits per heavy atom. The summed E-state index contributed by atoms with van der Waals surface area (Å²) >= 11 is 0. The molecule has 10 heteroatoms. The third-order valence-corrected chi connectivity index (χ3v) is 7.13. The number of halogens is 3. The van der Waals surface area contributed by atoms with Crippen LogP contribution in [0.2, 0.25) is 0 Å². The summed E-state index contributed by atoms with van der Waals surface area (Å²) in [4.78, 5) is 14.0. The van der Waals surface area contributed by atoms with Crippen molar-refractivity contribution in [3.05, 3.63) is 82.4 Å². The van der Waals surface area contributed by atoms with Gasteiger partial charge >= 0.3 is 0 Å². The Hall–Kier alpha value is -3.14. The van der Waals surface area contributed by atoms with E-state index in [4.69, 9.17) is 0 Å². The van der Waals surface area contributed by atoms with Gasteiger partial charge in [-0.15, -0.1) is 0 Å². The molecule has 1 aromatic heterocycles. The summed E-state index contributed by atoms with van der Waals surface area (Å²) < 4.78 is 67.9. The van der Waals surface area contributed by atoms with Gasteiger partial charge in [0.1, 0.15) is 5.82 Å². The first kappa shape index (κ1) is 22.1. The second-order valence-corrected chi connectivity index (χ2v) is 9.69. The Bertz CT molecular complexity index is 1300. The van der Waals surface area contributed by atoms with Crippen molar-refractivity contribution in [2.45, 2.75) is 37.6 Å². The molecule has 1 fully saturated rings. The quantitative estimate of drug-likeness (QED) is 0.542. The average Bonchev–Trinajstić information content (AvgIpc) is 3.28. The normalized spacial score (nSPS) is 16.7. The van der Waals surface area contributed by atoms with Crippen LogP contribution in [0.1, 0.15) is 34.7 Å². The van der Waals surface area contributed by atoms with Crippen molar-refractivity contribution >= 4 is 15.9 Å². The predicted molar refractivity (Wildman–Crippen MR) is 110 cm³/mol. The van der Waals surface area contributed by atoms with E-state index in [-0.39, 0.29) is 35.9 Å². The molecule has 1 aliphatic heterocycles. The number of hydrogen-bond acceptors (Lipinski definition) is 4. The third-order valence-electron chi connectivity index (χ3n) is 5.58. The summed E-state index contributed by atoms with van der Waals surface area (Å²) in [5.74, 6) is -4.42. The highest BCUT2D eigenvalue weighted by molar-refractivity contribution is 7.89.